The lowest BCUT2D eigenvalue weighted by Crippen LogP contribution is -1.96. The summed E-state index contributed by atoms with van der Waals surface area (Å²) in [4.78, 5) is 0. The van der Waals surface area contributed by atoms with Gasteiger partial charge in [-0.25, -0.2) is 8.78 Å². The van der Waals surface area contributed by atoms with E-state index in [4.69, 9.17) is 11.6 Å². The minimum Gasteiger partial charge on any atom is -0.206 e. The zero-order valence-corrected chi connectivity index (χ0v) is 13.1. The molecule has 0 nitrogen and oxygen atoms in total. The highest BCUT2D eigenvalue weighted by Crippen LogP contribution is 2.36. The van der Waals surface area contributed by atoms with Crippen molar-refractivity contribution in [2.45, 2.75) is 5.38 Å². The fraction of sp³-hybridized carbons (Fsp3) is 0.0588. The van der Waals surface area contributed by atoms with Gasteiger partial charge in [-0.05, 0) is 50.6 Å². The Morgan fingerprint density at radius 3 is 2.24 bits per heavy atom. The summed E-state index contributed by atoms with van der Waals surface area (Å²) in [7, 11) is 0. The van der Waals surface area contributed by atoms with Gasteiger partial charge in [-0.1, -0.05) is 36.4 Å². The summed E-state index contributed by atoms with van der Waals surface area (Å²) in [5.41, 5.74) is 1.55. The summed E-state index contributed by atoms with van der Waals surface area (Å²) < 4.78 is 27.5. The van der Waals surface area contributed by atoms with Gasteiger partial charge in [0.2, 0.25) is 0 Å². The molecule has 0 N–H and O–H groups in total. The van der Waals surface area contributed by atoms with E-state index in [1.54, 1.807) is 30.3 Å². The normalized spacial score (nSPS) is 12.6. The van der Waals surface area contributed by atoms with Crippen LogP contribution in [-0.2, 0) is 0 Å². The van der Waals surface area contributed by atoms with E-state index in [0.717, 1.165) is 16.5 Å². The van der Waals surface area contributed by atoms with Crippen LogP contribution in [0, 0.1) is 11.6 Å². The number of rotatable bonds is 2. The van der Waals surface area contributed by atoms with Gasteiger partial charge in [-0.15, -0.1) is 11.6 Å². The van der Waals surface area contributed by atoms with Crippen LogP contribution in [-0.4, -0.2) is 0 Å². The maximum Gasteiger partial charge on any atom is 0.137 e. The quantitative estimate of drug-likeness (QED) is 0.472. The summed E-state index contributed by atoms with van der Waals surface area (Å²) in [5.74, 6) is -0.620. The van der Waals surface area contributed by atoms with Gasteiger partial charge >= 0.3 is 0 Å². The molecule has 0 saturated carbocycles. The summed E-state index contributed by atoms with van der Waals surface area (Å²) in [5, 5.41) is 0.812. The molecule has 0 radical (unpaired) electrons. The predicted molar refractivity (Wildman–Crippen MR) is 85.7 cm³/mol. The van der Waals surface area contributed by atoms with Crippen molar-refractivity contribution in [3.05, 3.63) is 81.8 Å². The molecule has 0 bridgehead atoms. The van der Waals surface area contributed by atoms with Gasteiger partial charge in [0.15, 0.2) is 0 Å². The van der Waals surface area contributed by atoms with Gasteiger partial charge in [0.25, 0.3) is 0 Å². The Balaban J connectivity index is 2.15. The number of halogens is 4. The Morgan fingerprint density at radius 2 is 1.52 bits per heavy atom. The molecule has 106 valence electrons. The highest BCUT2D eigenvalue weighted by molar-refractivity contribution is 9.10. The van der Waals surface area contributed by atoms with Crippen molar-refractivity contribution in [1.29, 1.82) is 0 Å². The van der Waals surface area contributed by atoms with Gasteiger partial charge in [-0.3, -0.25) is 0 Å². The zero-order chi connectivity index (χ0) is 15.0. The van der Waals surface area contributed by atoms with Crippen LogP contribution in [0.15, 0.2) is 59.1 Å². The van der Waals surface area contributed by atoms with Crippen LogP contribution < -0.4 is 0 Å². The molecule has 0 aliphatic rings. The molecule has 3 rings (SSSR count). The molecule has 0 aliphatic carbocycles. The molecule has 0 aliphatic heterocycles. The van der Waals surface area contributed by atoms with Crippen LogP contribution in [0.2, 0.25) is 0 Å². The van der Waals surface area contributed by atoms with Gasteiger partial charge < -0.3 is 0 Å². The van der Waals surface area contributed by atoms with Crippen molar-refractivity contribution in [3.8, 4) is 0 Å². The maximum atomic E-state index is 13.8. The van der Waals surface area contributed by atoms with E-state index < -0.39 is 5.38 Å². The summed E-state index contributed by atoms with van der Waals surface area (Å²) in [6, 6.07) is 14.9. The van der Waals surface area contributed by atoms with E-state index in [1.807, 2.05) is 12.1 Å². The van der Waals surface area contributed by atoms with Crippen LogP contribution in [0.5, 0.6) is 0 Å². The van der Waals surface area contributed by atoms with Gasteiger partial charge in [-0.2, -0.15) is 0 Å². The van der Waals surface area contributed by atoms with E-state index in [2.05, 4.69) is 15.9 Å². The fourth-order valence-electron chi connectivity index (χ4n) is 2.36. The fourth-order valence-corrected chi connectivity index (χ4v) is 3.08. The third kappa shape index (κ3) is 2.68. The Kier molecular flexibility index (Phi) is 3.96. The first kappa shape index (κ1) is 14.5. The molecular weight excluding hydrogens is 358 g/mol. The Bertz CT molecular complexity index is 817. The molecule has 4 heteroatoms. The van der Waals surface area contributed by atoms with Crippen LogP contribution in [0.3, 0.4) is 0 Å². The van der Waals surface area contributed by atoms with Crippen LogP contribution in [0.25, 0.3) is 10.8 Å². The molecule has 3 aromatic rings. The Labute approximate surface area is 134 Å². The monoisotopic (exact) mass is 366 g/mol. The first-order valence-electron chi connectivity index (χ1n) is 6.34. The second-order valence-corrected chi connectivity index (χ2v) is 6.01. The lowest BCUT2D eigenvalue weighted by Gasteiger charge is -2.14. The largest absolute Gasteiger partial charge is 0.206 e. The number of benzene rings is 3. The second-order valence-electron chi connectivity index (χ2n) is 4.72. The predicted octanol–water partition coefficient (Wildman–Crippen LogP) is 6.21. The average molecular weight is 368 g/mol. The third-order valence-corrected chi connectivity index (χ3v) is 4.51. The molecule has 3 aromatic carbocycles. The van der Waals surface area contributed by atoms with Crippen LogP contribution >= 0.6 is 27.5 Å². The van der Waals surface area contributed by atoms with Gasteiger partial charge in [0, 0.05) is 5.39 Å². The molecule has 0 heterocycles. The topological polar surface area (TPSA) is 0 Å². The third-order valence-electron chi connectivity index (χ3n) is 3.41. The Hall–Kier alpha value is -1.45. The van der Waals surface area contributed by atoms with E-state index in [9.17, 15) is 8.78 Å². The lowest BCUT2D eigenvalue weighted by molar-refractivity contribution is 0.620. The molecule has 0 amide bonds. The van der Waals surface area contributed by atoms with E-state index in [-0.39, 0.29) is 11.6 Å². The Morgan fingerprint density at radius 1 is 0.857 bits per heavy atom. The van der Waals surface area contributed by atoms with E-state index in [1.165, 1.54) is 12.1 Å². The van der Waals surface area contributed by atoms with Crippen molar-refractivity contribution in [3.63, 3.8) is 0 Å². The number of alkyl halides is 1. The minimum absolute atomic E-state index is 0.279. The van der Waals surface area contributed by atoms with Crippen LogP contribution in [0.4, 0.5) is 8.78 Å². The van der Waals surface area contributed by atoms with Gasteiger partial charge in [0.1, 0.15) is 11.6 Å². The summed E-state index contributed by atoms with van der Waals surface area (Å²) in [6.45, 7) is 0. The first-order valence-corrected chi connectivity index (χ1v) is 7.57. The van der Waals surface area contributed by atoms with Crippen molar-refractivity contribution in [1.82, 2.24) is 0 Å². The molecule has 21 heavy (non-hydrogen) atoms. The molecule has 1 atom stereocenters. The van der Waals surface area contributed by atoms with Crippen molar-refractivity contribution in [2.24, 2.45) is 0 Å². The molecular formula is C17H10BrClF2. The molecule has 0 aromatic heterocycles. The number of hydrogen-bond acceptors (Lipinski definition) is 0. The maximum absolute atomic E-state index is 13.8. The molecule has 0 fully saturated rings. The first-order chi connectivity index (χ1) is 10.1. The number of hydrogen-bond donors (Lipinski definition) is 0. The zero-order valence-electron chi connectivity index (χ0n) is 10.8. The minimum atomic E-state index is -0.479. The highest BCUT2D eigenvalue weighted by atomic mass is 79.9. The van der Waals surface area contributed by atoms with Crippen molar-refractivity contribution < 1.29 is 8.78 Å². The highest BCUT2D eigenvalue weighted by Gasteiger charge is 2.16. The smallest absolute Gasteiger partial charge is 0.137 e. The summed E-state index contributed by atoms with van der Waals surface area (Å²) in [6.07, 6.45) is 0. The second kappa shape index (κ2) is 5.74. The lowest BCUT2D eigenvalue weighted by atomic mass is 9.97. The standard InChI is InChI=1S/C17H10BrClF2/c18-14-9-10(5-7-16(14)21)17(19)13-6-8-15(20)12-4-2-1-3-11(12)13/h1-9,17H. The number of fused-ring (bicyclic) bond motifs is 1. The van der Waals surface area contributed by atoms with Gasteiger partial charge in [0.05, 0.1) is 9.85 Å². The summed E-state index contributed by atoms with van der Waals surface area (Å²) >= 11 is 9.68. The SMILES string of the molecule is Fc1ccc(C(Cl)c2ccc(F)c3ccccc23)cc1Br. The van der Waals surface area contributed by atoms with Crippen molar-refractivity contribution >= 4 is 38.3 Å². The average Bonchev–Trinajstić information content (AvgIpc) is 2.50. The van der Waals surface area contributed by atoms with Crippen LogP contribution in [0.1, 0.15) is 16.5 Å². The van der Waals surface area contributed by atoms with Crippen molar-refractivity contribution in [2.75, 3.05) is 0 Å². The van der Waals surface area contributed by atoms with E-state index >= 15 is 0 Å². The molecule has 1 unspecified atom stereocenters. The molecule has 0 spiro atoms. The van der Waals surface area contributed by atoms with E-state index in [0.29, 0.717) is 9.86 Å². The molecule has 0 saturated heterocycles.